The molecule has 1 aromatic rings. The van der Waals surface area contributed by atoms with E-state index in [1.54, 1.807) is 32.4 Å². The van der Waals surface area contributed by atoms with Crippen LogP contribution in [-0.4, -0.2) is 32.6 Å². The molecule has 0 amide bonds. The van der Waals surface area contributed by atoms with E-state index in [-0.39, 0.29) is 17.7 Å². The van der Waals surface area contributed by atoms with Gasteiger partial charge >= 0.3 is 0 Å². The second kappa shape index (κ2) is 5.40. The molecule has 2 rings (SSSR count). The topological polar surface area (TPSA) is 47.6 Å². The molecule has 98 valence electrons. The molecule has 0 aliphatic carbocycles. The highest BCUT2D eigenvalue weighted by Crippen LogP contribution is 2.29. The standard InChI is InChI=1S/C14H19NO3/c1-9-11(6-7-15-9)14(16)12-8-10(17-2)4-5-13(12)18-3/h4-5,8-9,11,15H,6-7H2,1-3H3. The fourth-order valence-electron chi connectivity index (χ4n) is 2.42. The summed E-state index contributed by atoms with van der Waals surface area (Å²) in [5.41, 5.74) is 0.609. The van der Waals surface area contributed by atoms with Gasteiger partial charge in [-0.3, -0.25) is 4.79 Å². The number of carbonyl (C=O) groups is 1. The van der Waals surface area contributed by atoms with Crippen LogP contribution in [0.1, 0.15) is 23.7 Å². The van der Waals surface area contributed by atoms with E-state index in [9.17, 15) is 4.79 Å². The molecule has 2 unspecified atom stereocenters. The highest BCUT2D eigenvalue weighted by molar-refractivity contribution is 6.01. The Morgan fingerprint density at radius 1 is 1.33 bits per heavy atom. The molecule has 1 fully saturated rings. The van der Waals surface area contributed by atoms with Crippen LogP contribution >= 0.6 is 0 Å². The van der Waals surface area contributed by atoms with E-state index in [1.165, 1.54) is 0 Å². The molecule has 0 spiro atoms. The first-order chi connectivity index (χ1) is 8.67. The van der Waals surface area contributed by atoms with Crippen LogP contribution in [0.3, 0.4) is 0 Å². The van der Waals surface area contributed by atoms with Gasteiger partial charge in [-0.25, -0.2) is 0 Å². The number of nitrogens with one attached hydrogen (secondary N) is 1. The summed E-state index contributed by atoms with van der Waals surface area (Å²) in [5.74, 6) is 1.44. The van der Waals surface area contributed by atoms with Gasteiger partial charge in [0.2, 0.25) is 0 Å². The van der Waals surface area contributed by atoms with Gasteiger partial charge in [0.15, 0.2) is 5.78 Å². The average molecular weight is 249 g/mol. The fourth-order valence-corrected chi connectivity index (χ4v) is 2.42. The van der Waals surface area contributed by atoms with E-state index in [1.807, 2.05) is 6.92 Å². The van der Waals surface area contributed by atoms with Gasteiger partial charge in [-0.2, -0.15) is 0 Å². The van der Waals surface area contributed by atoms with Crippen molar-refractivity contribution in [2.24, 2.45) is 5.92 Å². The van der Waals surface area contributed by atoms with Crippen LogP contribution < -0.4 is 14.8 Å². The minimum atomic E-state index is 0.0195. The number of Topliss-reactive ketones (excluding diaryl/α,β-unsaturated/α-hetero) is 1. The second-order valence-corrected chi connectivity index (χ2v) is 4.57. The molecular formula is C14H19NO3. The quantitative estimate of drug-likeness (QED) is 0.828. The third kappa shape index (κ3) is 2.34. The molecule has 4 heteroatoms. The van der Waals surface area contributed by atoms with Crippen molar-refractivity contribution < 1.29 is 14.3 Å². The highest BCUT2D eigenvalue weighted by Gasteiger charge is 2.31. The lowest BCUT2D eigenvalue weighted by Crippen LogP contribution is -2.28. The van der Waals surface area contributed by atoms with E-state index in [0.717, 1.165) is 13.0 Å². The Labute approximate surface area is 107 Å². The zero-order valence-corrected chi connectivity index (χ0v) is 11.0. The van der Waals surface area contributed by atoms with Crippen molar-refractivity contribution in [3.63, 3.8) is 0 Å². The first-order valence-electron chi connectivity index (χ1n) is 6.17. The van der Waals surface area contributed by atoms with E-state index < -0.39 is 0 Å². The predicted octanol–water partition coefficient (Wildman–Crippen LogP) is 1.88. The SMILES string of the molecule is COc1ccc(OC)c(C(=O)C2CCNC2C)c1. The molecule has 1 saturated heterocycles. The van der Waals surface area contributed by atoms with Crippen molar-refractivity contribution >= 4 is 5.78 Å². The van der Waals surface area contributed by atoms with Crippen LogP contribution in [0.15, 0.2) is 18.2 Å². The molecule has 2 atom stereocenters. The molecule has 4 nitrogen and oxygen atoms in total. The second-order valence-electron chi connectivity index (χ2n) is 4.57. The molecule has 18 heavy (non-hydrogen) atoms. The molecule has 0 radical (unpaired) electrons. The van der Waals surface area contributed by atoms with E-state index in [2.05, 4.69) is 5.32 Å². The number of hydrogen-bond donors (Lipinski definition) is 1. The molecular weight excluding hydrogens is 230 g/mol. The molecule has 0 aromatic heterocycles. The van der Waals surface area contributed by atoms with Crippen LogP contribution in [-0.2, 0) is 0 Å². The van der Waals surface area contributed by atoms with Crippen molar-refractivity contribution in [1.82, 2.24) is 5.32 Å². The Kier molecular flexibility index (Phi) is 3.87. The summed E-state index contributed by atoms with van der Waals surface area (Å²) in [7, 11) is 3.17. The molecule has 1 aliphatic rings. The van der Waals surface area contributed by atoms with Crippen molar-refractivity contribution in [3.05, 3.63) is 23.8 Å². The summed E-state index contributed by atoms with van der Waals surface area (Å²) in [6.07, 6.45) is 0.875. The first kappa shape index (κ1) is 12.9. The number of ketones is 1. The Bertz CT molecular complexity index is 445. The average Bonchev–Trinajstić information content (AvgIpc) is 2.83. The van der Waals surface area contributed by atoms with Crippen LogP contribution in [0.2, 0.25) is 0 Å². The van der Waals surface area contributed by atoms with Crippen LogP contribution in [0.25, 0.3) is 0 Å². The van der Waals surface area contributed by atoms with Crippen LogP contribution in [0.4, 0.5) is 0 Å². The maximum absolute atomic E-state index is 12.5. The van der Waals surface area contributed by atoms with Gasteiger partial charge in [0, 0.05) is 12.0 Å². The minimum Gasteiger partial charge on any atom is -0.497 e. The number of benzene rings is 1. The Balaban J connectivity index is 2.33. The maximum Gasteiger partial charge on any atom is 0.171 e. The monoisotopic (exact) mass is 249 g/mol. The highest BCUT2D eigenvalue weighted by atomic mass is 16.5. The smallest absolute Gasteiger partial charge is 0.171 e. The van der Waals surface area contributed by atoms with E-state index in [0.29, 0.717) is 17.1 Å². The summed E-state index contributed by atoms with van der Waals surface area (Å²) in [6.45, 7) is 2.94. The molecule has 0 saturated carbocycles. The van der Waals surface area contributed by atoms with Gasteiger partial charge in [-0.05, 0) is 38.1 Å². The summed E-state index contributed by atoms with van der Waals surface area (Å²) in [4.78, 5) is 12.5. The van der Waals surface area contributed by atoms with Gasteiger partial charge < -0.3 is 14.8 Å². The van der Waals surface area contributed by atoms with E-state index >= 15 is 0 Å². The molecule has 1 heterocycles. The summed E-state index contributed by atoms with van der Waals surface area (Å²) in [6, 6.07) is 5.55. The van der Waals surface area contributed by atoms with Gasteiger partial charge in [0.25, 0.3) is 0 Å². The largest absolute Gasteiger partial charge is 0.497 e. The third-order valence-electron chi connectivity index (χ3n) is 3.53. The number of carbonyl (C=O) groups excluding carboxylic acids is 1. The lowest BCUT2D eigenvalue weighted by molar-refractivity contribution is 0.0910. The number of hydrogen-bond acceptors (Lipinski definition) is 4. The summed E-state index contributed by atoms with van der Waals surface area (Å²) >= 11 is 0. The lowest BCUT2D eigenvalue weighted by Gasteiger charge is -2.16. The molecule has 1 aromatic carbocycles. The Morgan fingerprint density at radius 3 is 2.67 bits per heavy atom. The predicted molar refractivity (Wildman–Crippen MR) is 69.4 cm³/mol. The third-order valence-corrected chi connectivity index (χ3v) is 3.53. The molecule has 0 bridgehead atoms. The fraction of sp³-hybridized carbons (Fsp3) is 0.500. The Morgan fingerprint density at radius 2 is 2.11 bits per heavy atom. The van der Waals surface area contributed by atoms with Gasteiger partial charge in [-0.1, -0.05) is 0 Å². The Hall–Kier alpha value is -1.55. The van der Waals surface area contributed by atoms with Gasteiger partial charge in [-0.15, -0.1) is 0 Å². The maximum atomic E-state index is 12.5. The van der Waals surface area contributed by atoms with Crippen molar-refractivity contribution in [1.29, 1.82) is 0 Å². The van der Waals surface area contributed by atoms with Crippen LogP contribution in [0.5, 0.6) is 11.5 Å². The summed E-state index contributed by atoms with van der Waals surface area (Å²) < 4.78 is 10.4. The number of ether oxygens (including phenoxy) is 2. The first-order valence-corrected chi connectivity index (χ1v) is 6.17. The van der Waals surface area contributed by atoms with Crippen LogP contribution in [0, 0.1) is 5.92 Å². The van der Waals surface area contributed by atoms with Gasteiger partial charge in [0.05, 0.1) is 19.8 Å². The number of methoxy groups -OCH3 is 2. The normalized spacial score (nSPS) is 22.8. The number of rotatable bonds is 4. The lowest BCUT2D eigenvalue weighted by atomic mass is 9.91. The minimum absolute atomic E-state index is 0.0195. The molecule has 1 N–H and O–H groups in total. The van der Waals surface area contributed by atoms with Crippen molar-refractivity contribution in [3.8, 4) is 11.5 Å². The molecule has 1 aliphatic heterocycles. The zero-order valence-electron chi connectivity index (χ0n) is 11.0. The summed E-state index contributed by atoms with van der Waals surface area (Å²) in [5, 5.41) is 3.29. The van der Waals surface area contributed by atoms with Crippen molar-refractivity contribution in [2.45, 2.75) is 19.4 Å². The zero-order chi connectivity index (χ0) is 13.1. The van der Waals surface area contributed by atoms with Gasteiger partial charge in [0.1, 0.15) is 11.5 Å². The van der Waals surface area contributed by atoms with Crippen molar-refractivity contribution in [2.75, 3.05) is 20.8 Å². The van der Waals surface area contributed by atoms with E-state index in [4.69, 9.17) is 9.47 Å².